The van der Waals surface area contributed by atoms with Crippen LogP contribution in [0.4, 0.5) is 0 Å². The number of aldehydes is 1. The number of carboxylic acid groups (broad SMARTS) is 1. The maximum absolute atomic E-state index is 12.6. The Morgan fingerprint density at radius 2 is 1.81 bits per heavy atom. The maximum Gasteiger partial charge on any atom is 0.347 e. The fourth-order valence-electron chi connectivity index (χ4n) is 3.00. The number of phenolic OH excluding ortho intramolecular Hbond substituents is 1. The van der Waals surface area contributed by atoms with Crippen LogP contribution in [0.1, 0.15) is 47.8 Å². The summed E-state index contributed by atoms with van der Waals surface area (Å²) in [6.07, 6.45) is 0.281. The lowest BCUT2D eigenvalue weighted by atomic mass is 10.0. The zero-order valence-electron chi connectivity index (χ0n) is 14.2. The Morgan fingerprint density at radius 1 is 1.15 bits per heavy atom. The number of phenols is 2. The summed E-state index contributed by atoms with van der Waals surface area (Å²) in [5, 5.41) is 39.2. The second-order valence-corrected chi connectivity index (χ2v) is 5.89. The highest BCUT2D eigenvalue weighted by Crippen LogP contribution is 2.49. The van der Waals surface area contributed by atoms with Crippen LogP contribution in [-0.2, 0) is 6.61 Å². The van der Waals surface area contributed by atoms with Crippen molar-refractivity contribution in [3.05, 3.63) is 39.4 Å². The van der Waals surface area contributed by atoms with Gasteiger partial charge in [-0.1, -0.05) is 0 Å². The molecule has 9 heteroatoms. The molecule has 140 valence electrons. The molecule has 0 bridgehead atoms. The summed E-state index contributed by atoms with van der Waals surface area (Å²) < 4.78 is 10.9. The second kappa shape index (κ2) is 6.29. The van der Waals surface area contributed by atoms with Gasteiger partial charge in [0.25, 0.3) is 0 Å². The number of hydrogen-bond donors (Lipinski definition) is 4. The first-order valence-corrected chi connectivity index (χ1v) is 7.67. The van der Waals surface area contributed by atoms with Gasteiger partial charge in [0.1, 0.15) is 22.6 Å². The van der Waals surface area contributed by atoms with Gasteiger partial charge in [0.05, 0.1) is 17.7 Å². The molecular weight excluding hydrogens is 360 g/mol. The summed E-state index contributed by atoms with van der Waals surface area (Å²) in [5.74, 6) is -4.59. The van der Waals surface area contributed by atoms with E-state index in [1.807, 2.05) is 0 Å². The van der Waals surface area contributed by atoms with Crippen molar-refractivity contribution in [2.75, 3.05) is 0 Å². The van der Waals surface area contributed by atoms with E-state index >= 15 is 0 Å². The summed E-state index contributed by atoms with van der Waals surface area (Å²) in [6.45, 7) is 1.93. The molecule has 0 spiro atoms. The molecule has 0 aliphatic carbocycles. The lowest BCUT2D eigenvalue weighted by Crippen LogP contribution is -2.12. The molecule has 9 nitrogen and oxygen atoms in total. The first-order chi connectivity index (χ1) is 12.7. The summed E-state index contributed by atoms with van der Waals surface area (Å²) in [6, 6.07) is 1.18. The topological polar surface area (TPSA) is 151 Å². The van der Waals surface area contributed by atoms with Gasteiger partial charge in [-0.3, -0.25) is 4.79 Å². The van der Waals surface area contributed by atoms with Crippen molar-refractivity contribution in [2.24, 2.45) is 0 Å². The van der Waals surface area contributed by atoms with Crippen molar-refractivity contribution >= 4 is 18.2 Å². The largest absolute Gasteiger partial charge is 0.507 e. The molecule has 4 N–H and O–H groups in total. The van der Waals surface area contributed by atoms with Crippen LogP contribution in [0.5, 0.6) is 28.7 Å². The molecule has 1 aliphatic rings. The van der Waals surface area contributed by atoms with E-state index in [9.17, 15) is 34.8 Å². The molecule has 2 aromatic carbocycles. The van der Waals surface area contributed by atoms with Gasteiger partial charge in [-0.05, 0) is 25.5 Å². The third kappa shape index (κ3) is 2.56. The van der Waals surface area contributed by atoms with Gasteiger partial charge in [0.2, 0.25) is 0 Å². The van der Waals surface area contributed by atoms with Crippen molar-refractivity contribution < 1.29 is 44.3 Å². The third-order valence-electron chi connectivity index (χ3n) is 4.31. The number of aliphatic hydroxyl groups is 1. The maximum atomic E-state index is 12.6. The Morgan fingerprint density at radius 3 is 2.37 bits per heavy atom. The lowest BCUT2D eigenvalue weighted by molar-refractivity contribution is 0.0682. The van der Waals surface area contributed by atoms with Crippen LogP contribution in [0.25, 0.3) is 0 Å². The molecule has 2 aromatic rings. The molecular formula is C18H14O9. The molecule has 0 amide bonds. The minimum atomic E-state index is -1.50. The number of ether oxygens (including phenoxy) is 2. The van der Waals surface area contributed by atoms with Gasteiger partial charge >= 0.3 is 11.9 Å². The van der Waals surface area contributed by atoms with E-state index in [-0.39, 0.29) is 51.4 Å². The van der Waals surface area contributed by atoms with Crippen molar-refractivity contribution in [1.82, 2.24) is 0 Å². The Balaban J connectivity index is 2.43. The predicted molar refractivity (Wildman–Crippen MR) is 89.0 cm³/mol. The van der Waals surface area contributed by atoms with Gasteiger partial charge in [-0.2, -0.15) is 0 Å². The molecule has 27 heavy (non-hydrogen) atoms. The zero-order chi connectivity index (χ0) is 20.0. The lowest BCUT2D eigenvalue weighted by Gasteiger charge is -2.17. The highest BCUT2D eigenvalue weighted by atomic mass is 16.6. The summed E-state index contributed by atoms with van der Waals surface area (Å²) in [7, 11) is 0. The first kappa shape index (κ1) is 18.2. The van der Waals surface area contributed by atoms with E-state index in [4.69, 9.17) is 9.47 Å². The second-order valence-electron chi connectivity index (χ2n) is 5.89. The van der Waals surface area contributed by atoms with Crippen LogP contribution in [0, 0.1) is 13.8 Å². The highest BCUT2D eigenvalue weighted by Gasteiger charge is 2.35. The number of rotatable bonds is 3. The number of carbonyl (C=O) groups is 3. The molecule has 0 aromatic heterocycles. The monoisotopic (exact) mass is 374 g/mol. The number of esters is 1. The zero-order valence-corrected chi connectivity index (χ0v) is 14.2. The molecule has 1 heterocycles. The molecule has 0 radical (unpaired) electrons. The molecule has 0 unspecified atom stereocenters. The van der Waals surface area contributed by atoms with Gasteiger partial charge in [0.15, 0.2) is 23.5 Å². The summed E-state index contributed by atoms with van der Waals surface area (Å²) >= 11 is 0. The Bertz CT molecular complexity index is 1020. The van der Waals surface area contributed by atoms with E-state index < -0.39 is 35.6 Å². The van der Waals surface area contributed by atoms with Gasteiger partial charge in [-0.15, -0.1) is 0 Å². The fourth-order valence-corrected chi connectivity index (χ4v) is 3.00. The molecule has 1 aliphatic heterocycles. The van der Waals surface area contributed by atoms with Crippen molar-refractivity contribution in [3.63, 3.8) is 0 Å². The normalized spacial score (nSPS) is 12.3. The van der Waals surface area contributed by atoms with Gasteiger partial charge < -0.3 is 29.9 Å². The number of carboxylic acids is 1. The highest BCUT2D eigenvalue weighted by molar-refractivity contribution is 6.02. The van der Waals surface area contributed by atoms with Gasteiger partial charge in [0, 0.05) is 5.56 Å². The van der Waals surface area contributed by atoms with E-state index in [0.717, 1.165) is 0 Å². The quantitative estimate of drug-likeness (QED) is 0.359. The Hall–Kier alpha value is -3.59. The molecule has 3 rings (SSSR count). The number of aliphatic hydroxyl groups excluding tert-OH is 1. The van der Waals surface area contributed by atoms with Crippen molar-refractivity contribution in [1.29, 1.82) is 0 Å². The van der Waals surface area contributed by atoms with Crippen molar-refractivity contribution in [3.8, 4) is 28.7 Å². The number of hydrogen-bond acceptors (Lipinski definition) is 8. The van der Waals surface area contributed by atoms with Crippen LogP contribution in [0.15, 0.2) is 6.07 Å². The molecule has 0 saturated carbocycles. The number of aromatic carboxylic acids is 1. The van der Waals surface area contributed by atoms with E-state index in [1.165, 1.54) is 19.9 Å². The average Bonchev–Trinajstić information content (AvgIpc) is 2.72. The fraction of sp³-hybridized carbons (Fsp3) is 0.167. The Labute approximate surface area is 152 Å². The van der Waals surface area contributed by atoms with Gasteiger partial charge in [-0.25, -0.2) is 9.59 Å². The Kier molecular flexibility index (Phi) is 4.24. The average molecular weight is 374 g/mol. The summed E-state index contributed by atoms with van der Waals surface area (Å²) in [4.78, 5) is 35.5. The van der Waals surface area contributed by atoms with Crippen LogP contribution in [0.2, 0.25) is 0 Å². The minimum absolute atomic E-state index is 0.108. The van der Waals surface area contributed by atoms with Crippen LogP contribution >= 0.6 is 0 Å². The number of carbonyl (C=O) groups excluding carboxylic acids is 2. The van der Waals surface area contributed by atoms with E-state index in [0.29, 0.717) is 0 Å². The SMILES string of the molecule is Cc1cc(O)c(C=O)c2c1C(=O)Oc1c(C)c(C(=O)O)c(O)c(CO)c1O2. The van der Waals surface area contributed by atoms with E-state index in [1.54, 1.807) is 0 Å². The summed E-state index contributed by atoms with van der Waals surface area (Å²) in [5.41, 5.74) is -1.24. The number of aryl methyl sites for hydroxylation is 1. The molecule has 0 atom stereocenters. The van der Waals surface area contributed by atoms with Crippen LogP contribution in [0.3, 0.4) is 0 Å². The number of aromatic hydroxyl groups is 2. The molecule has 0 fully saturated rings. The number of benzene rings is 2. The third-order valence-corrected chi connectivity index (χ3v) is 4.31. The van der Waals surface area contributed by atoms with Crippen molar-refractivity contribution in [2.45, 2.75) is 20.5 Å². The predicted octanol–water partition coefficient (Wildman–Crippen LogP) is 2.04. The van der Waals surface area contributed by atoms with Crippen LogP contribution in [-0.4, -0.2) is 38.7 Å². The number of fused-ring (bicyclic) bond motifs is 2. The van der Waals surface area contributed by atoms with Crippen LogP contribution < -0.4 is 9.47 Å². The first-order valence-electron chi connectivity index (χ1n) is 7.67. The smallest absolute Gasteiger partial charge is 0.347 e. The minimum Gasteiger partial charge on any atom is -0.507 e. The molecule has 0 saturated heterocycles. The van der Waals surface area contributed by atoms with E-state index in [2.05, 4.69) is 0 Å². The standard InChI is InChI=1S/C18H14O9/c1-6-3-10(21)8(4-19)15-11(6)18(25)27-14-7(2)12(17(23)24)13(22)9(5-20)16(14)26-15/h3-4,20-22H,5H2,1-2H3,(H,23,24).